The SMILES string of the molecule is COc1cc2cc(c1O)CN1C[C@@](Cc3ccccc3)(CCNC(N)=NCSSCCCCCC[C@H](O)C[C@H](OC(C)=O)CC2)CC1=O. The van der Waals surface area contributed by atoms with Crippen LogP contribution in [0.15, 0.2) is 47.5 Å². The lowest BCUT2D eigenvalue weighted by molar-refractivity contribution is -0.148. The molecule has 0 unspecified atom stereocenters. The molecule has 1 amide bonds. The van der Waals surface area contributed by atoms with Crippen molar-refractivity contribution in [3.63, 3.8) is 0 Å². The summed E-state index contributed by atoms with van der Waals surface area (Å²) < 4.78 is 11.1. The maximum absolute atomic E-state index is 13.6. The van der Waals surface area contributed by atoms with Crippen LogP contribution in [0.3, 0.4) is 0 Å². The van der Waals surface area contributed by atoms with Crippen LogP contribution in [0.2, 0.25) is 0 Å². The van der Waals surface area contributed by atoms with E-state index in [2.05, 4.69) is 22.4 Å². The van der Waals surface area contributed by atoms with Gasteiger partial charge in [-0.15, -0.1) is 0 Å². The molecule has 5 N–H and O–H groups in total. The highest BCUT2D eigenvalue weighted by Gasteiger charge is 2.43. The molecule has 0 aliphatic carbocycles. The molecular weight excluding hydrogens is 649 g/mol. The highest BCUT2D eigenvalue weighted by atomic mass is 33.1. The normalized spacial score (nSPS) is 24.3. The number of nitrogens with two attached hydrogens (primary N) is 1. The molecule has 4 bridgehead atoms. The first kappa shape index (κ1) is 37.7. The minimum atomic E-state index is -0.558. The summed E-state index contributed by atoms with van der Waals surface area (Å²) in [6, 6.07) is 13.9. The maximum Gasteiger partial charge on any atom is 0.302 e. The van der Waals surface area contributed by atoms with Gasteiger partial charge < -0.3 is 35.6 Å². The van der Waals surface area contributed by atoms with E-state index < -0.39 is 12.2 Å². The molecule has 2 aromatic carbocycles. The number of guanidine groups is 1. The summed E-state index contributed by atoms with van der Waals surface area (Å²) in [5.74, 6) is 2.00. The Bertz CT molecular complexity index is 1360. The lowest BCUT2D eigenvalue weighted by Crippen LogP contribution is -2.37. The second kappa shape index (κ2) is 19.2. The number of amides is 1. The Balaban J connectivity index is 1.56. The van der Waals surface area contributed by atoms with Gasteiger partial charge in [0.25, 0.3) is 0 Å². The van der Waals surface area contributed by atoms with Gasteiger partial charge in [-0.3, -0.25) is 9.59 Å². The van der Waals surface area contributed by atoms with Crippen molar-refractivity contribution < 1.29 is 29.3 Å². The number of phenolic OH excluding ortho intramolecular Hbond substituents is 1. The van der Waals surface area contributed by atoms with E-state index in [0.717, 1.165) is 49.8 Å². The van der Waals surface area contributed by atoms with Crippen LogP contribution in [0.1, 0.15) is 81.4 Å². The van der Waals surface area contributed by atoms with Gasteiger partial charge >= 0.3 is 5.97 Å². The predicted molar refractivity (Wildman–Crippen MR) is 194 cm³/mol. The number of rotatable bonds is 4. The summed E-state index contributed by atoms with van der Waals surface area (Å²) in [4.78, 5) is 31.8. The van der Waals surface area contributed by atoms with Crippen molar-refractivity contribution in [3.05, 3.63) is 59.2 Å². The van der Waals surface area contributed by atoms with Crippen LogP contribution >= 0.6 is 21.6 Å². The van der Waals surface area contributed by atoms with E-state index in [9.17, 15) is 19.8 Å². The molecule has 1 saturated heterocycles. The fourth-order valence-electron chi connectivity index (χ4n) is 6.69. The topological polar surface area (TPSA) is 147 Å². The van der Waals surface area contributed by atoms with Crippen LogP contribution in [-0.4, -0.2) is 77.0 Å². The molecule has 4 rings (SSSR count). The first-order valence-electron chi connectivity index (χ1n) is 17.0. The smallest absolute Gasteiger partial charge is 0.302 e. The predicted octanol–water partition coefficient (Wildman–Crippen LogP) is 5.57. The van der Waals surface area contributed by atoms with E-state index in [1.807, 2.05) is 29.2 Å². The van der Waals surface area contributed by atoms with Crippen molar-refractivity contribution in [1.82, 2.24) is 10.2 Å². The Morgan fingerprint density at radius 3 is 2.71 bits per heavy atom. The Kier molecular flexibility index (Phi) is 15.1. The van der Waals surface area contributed by atoms with E-state index >= 15 is 0 Å². The molecule has 2 aliphatic heterocycles. The van der Waals surface area contributed by atoms with Crippen LogP contribution in [0.25, 0.3) is 0 Å². The van der Waals surface area contributed by atoms with Crippen molar-refractivity contribution >= 4 is 39.4 Å². The summed E-state index contributed by atoms with van der Waals surface area (Å²) >= 11 is 0. The number of ether oxygens (including phenoxy) is 2. The molecule has 1 fully saturated rings. The van der Waals surface area contributed by atoms with Gasteiger partial charge in [0.05, 0.1) is 19.1 Å². The maximum atomic E-state index is 13.6. The summed E-state index contributed by atoms with van der Waals surface area (Å²) in [5, 5.41) is 25.2. The lowest BCUT2D eigenvalue weighted by Gasteiger charge is -2.29. The molecule has 0 radical (unpaired) electrons. The van der Waals surface area contributed by atoms with E-state index in [1.54, 1.807) is 27.7 Å². The molecule has 0 aromatic heterocycles. The minimum absolute atomic E-state index is 0.0106. The van der Waals surface area contributed by atoms with Crippen molar-refractivity contribution in [2.75, 3.05) is 31.8 Å². The quantitative estimate of drug-likeness (QED) is 0.236. The zero-order chi connectivity index (χ0) is 34.4. The third-order valence-corrected chi connectivity index (χ3v) is 11.3. The Morgan fingerprint density at radius 2 is 1.94 bits per heavy atom. The standard InChI is InChI=1S/C36H52N4O6S2/c1-26(41)46-31-14-13-28-18-29(34(44)32(19-28)45-2)23-40-24-36(22-33(40)43,21-27-10-6-5-7-11-27)15-16-38-35(37)39-25-48-47-17-9-4-3-8-12-30(42)20-31/h5-7,10-11,18-19,30-31,42,44H,3-4,8-9,12-17,20-25H2,1-2H3,(H3,37,38,39)/t30-,31+,36+/m0/s1. The monoisotopic (exact) mass is 700 g/mol. The first-order valence-corrected chi connectivity index (χ1v) is 19.5. The second-order valence-corrected chi connectivity index (χ2v) is 15.6. The molecule has 10 nitrogen and oxygen atoms in total. The van der Waals surface area contributed by atoms with Gasteiger partial charge in [-0.25, -0.2) is 4.99 Å². The van der Waals surface area contributed by atoms with Gasteiger partial charge in [-0.1, -0.05) is 77.2 Å². The fourth-order valence-corrected chi connectivity index (χ4v) is 8.49. The average Bonchev–Trinajstić information content (AvgIpc) is 3.35. The molecule has 2 aliphatic rings. The van der Waals surface area contributed by atoms with Gasteiger partial charge in [0.2, 0.25) is 5.91 Å². The molecule has 0 spiro atoms. The summed E-state index contributed by atoms with van der Waals surface area (Å²) in [7, 11) is 4.98. The highest BCUT2D eigenvalue weighted by Crippen LogP contribution is 2.41. The van der Waals surface area contributed by atoms with Crippen LogP contribution < -0.4 is 15.8 Å². The number of aliphatic hydroxyl groups is 1. The highest BCUT2D eigenvalue weighted by molar-refractivity contribution is 8.76. The number of fused-ring (bicyclic) bond motifs is 4. The van der Waals surface area contributed by atoms with Crippen LogP contribution in [0, 0.1) is 5.41 Å². The summed E-state index contributed by atoms with van der Waals surface area (Å²) in [6.07, 6.45) is 7.09. The van der Waals surface area contributed by atoms with Gasteiger partial charge in [0.1, 0.15) is 6.10 Å². The number of aryl methyl sites for hydroxylation is 1. The third kappa shape index (κ3) is 12.1. The van der Waals surface area contributed by atoms with Gasteiger partial charge in [0.15, 0.2) is 17.5 Å². The number of carbonyl (C=O) groups excluding carboxylic acids is 2. The van der Waals surface area contributed by atoms with Crippen LogP contribution in [0.5, 0.6) is 11.5 Å². The number of esters is 1. The zero-order valence-electron chi connectivity index (χ0n) is 28.3. The number of hydrogen-bond donors (Lipinski definition) is 4. The first-order chi connectivity index (χ1) is 23.2. The van der Waals surface area contributed by atoms with Gasteiger partial charge in [0, 0.05) is 56.1 Å². The largest absolute Gasteiger partial charge is 0.504 e. The number of methoxy groups -OCH3 is 1. The fraction of sp³-hybridized carbons (Fsp3) is 0.583. The number of aliphatic hydroxyl groups excluding tert-OH is 1. The zero-order valence-corrected chi connectivity index (χ0v) is 30.0. The summed E-state index contributed by atoms with van der Waals surface area (Å²) in [6.45, 7) is 2.75. The average molecular weight is 701 g/mol. The van der Waals surface area contributed by atoms with Crippen molar-refractivity contribution in [2.45, 2.75) is 96.3 Å². The number of phenols is 1. The lowest BCUT2D eigenvalue weighted by atomic mass is 9.77. The molecule has 0 saturated carbocycles. The number of benzene rings is 2. The molecule has 2 heterocycles. The second-order valence-electron chi connectivity index (χ2n) is 13.0. The Morgan fingerprint density at radius 1 is 1.15 bits per heavy atom. The molecular formula is C36H52N4O6S2. The number of nitrogens with one attached hydrogen (secondary N) is 1. The number of hydrogen-bond acceptors (Lipinski definition) is 11. The van der Waals surface area contributed by atoms with Crippen LogP contribution in [-0.2, 0) is 33.7 Å². The summed E-state index contributed by atoms with van der Waals surface area (Å²) in [5.41, 5.74) is 8.54. The van der Waals surface area contributed by atoms with E-state index in [1.165, 1.54) is 19.6 Å². The Hall–Kier alpha value is -3.09. The molecule has 2 aromatic rings. The Labute approximate surface area is 293 Å². The minimum Gasteiger partial charge on any atom is -0.504 e. The third-order valence-electron chi connectivity index (χ3n) is 9.09. The van der Waals surface area contributed by atoms with Crippen LogP contribution in [0.4, 0.5) is 0 Å². The van der Waals surface area contributed by atoms with Crippen molar-refractivity contribution in [3.8, 4) is 11.5 Å². The van der Waals surface area contributed by atoms with E-state index in [4.69, 9.17) is 15.2 Å². The number of carbonyl (C=O) groups is 2. The van der Waals surface area contributed by atoms with Gasteiger partial charge in [-0.05, 0) is 55.7 Å². The molecule has 12 heteroatoms. The van der Waals surface area contributed by atoms with Crippen molar-refractivity contribution in [2.24, 2.45) is 16.1 Å². The number of aromatic hydroxyl groups is 1. The van der Waals surface area contributed by atoms with Crippen molar-refractivity contribution in [1.29, 1.82) is 0 Å². The van der Waals surface area contributed by atoms with E-state index in [0.29, 0.717) is 68.3 Å². The number of nitrogens with zero attached hydrogens (tertiary/aromatic N) is 2. The number of aliphatic imine (C=N–C) groups is 1. The molecule has 264 valence electrons. The molecule has 3 atom stereocenters. The van der Waals surface area contributed by atoms with Gasteiger partial charge in [-0.2, -0.15) is 0 Å². The van der Waals surface area contributed by atoms with E-state index in [-0.39, 0.29) is 29.6 Å². The molecule has 48 heavy (non-hydrogen) atoms.